The molecule has 1 saturated carbocycles. The number of nitrogens with one attached hydrogen (secondary N) is 1. The number of halogens is 6. The molecule has 0 saturated heterocycles. The summed E-state index contributed by atoms with van der Waals surface area (Å²) >= 11 is 6.13. The zero-order valence-corrected chi connectivity index (χ0v) is 18.0. The maximum Gasteiger partial charge on any atom is 0.425 e. The number of amides is 1. The molecule has 1 amide bonds. The fourth-order valence-electron chi connectivity index (χ4n) is 3.31. The van der Waals surface area contributed by atoms with Gasteiger partial charge in [0.25, 0.3) is 11.8 Å². The van der Waals surface area contributed by atoms with Gasteiger partial charge in [0, 0.05) is 18.8 Å². The molecule has 0 atom stereocenters. The first-order valence-electron chi connectivity index (χ1n) is 9.62. The van der Waals surface area contributed by atoms with Crippen molar-refractivity contribution >= 4 is 17.5 Å². The van der Waals surface area contributed by atoms with Gasteiger partial charge in [-0.05, 0) is 30.5 Å². The van der Waals surface area contributed by atoms with Gasteiger partial charge in [-0.25, -0.2) is 9.36 Å². The van der Waals surface area contributed by atoms with Crippen molar-refractivity contribution in [3.63, 3.8) is 0 Å². The minimum Gasteiger partial charge on any atom is -0.415 e. The van der Waals surface area contributed by atoms with Crippen molar-refractivity contribution in [1.82, 2.24) is 24.9 Å². The molecule has 0 unspecified atom stereocenters. The topological polar surface area (TPSA) is 97.8 Å². The molecule has 0 spiro atoms. The summed E-state index contributed by atoms with van der Waals surface area (Å²) in [4.78, 5) is 12.6. The maximum absolute atomic E-state index is 13.6. The van der Waals surface area contributed by atoms with Crippen LogP contribution in [0.4, 0.5) is 22.0 Å². The number of hydrogen-bond donors (Lipinski definition) is 1. The molecule has 34 heavy (non-hydrogen) atoms. The Balaban J connectivity index is 1.71. The van der Waals surface area contributed by atoms with Crippen LogP contribution >= 0.6 is 11.6 Å². The Morgan fingerprint density at radius 2 is 2.03 bits per heavy atom. The Bertz CT molecular complexity index is 1310. The van der Waals surface area contributed by atoms with E-state index in [0.29, 0.717) is 24.0 Å². The van der Waals surface area contributed by atoms with Crippen molar-refractivity contribution in [3.8, 4) is 28.9 Å². The Hall–Kier alpha value is -3.66. The number of rotatable bonds is 6. The third-order valence-electron chi connectivity index (χ3n) is 5.13. The third kappa shape index (κ3) is 4.41. The Kier molecular flexibility index (Phi) is 5.72. The summed E-state index contributed by atoms with van der Waals surface area (Å²) < 4.78 is 71.6. The molecule has 1 aliphatic carbocycles. The lowest BCUT2D eigenvalue weighted by Crippen LogP contribution is -2.35. The zero-order chi connectivity index (χ0) is 24.8. The van der Waals surface area contributed by atoms with Crippen molar-refractivity contribution in [1.29, 1.82) is 5.26 Å². The average Bonchev–Trinajstić information content (AvgIpc) is 3.20. The van der Waals surface area contributed by atoms with Gasteiger partial charge in [-0.1, -0.05) is 17.7 Å². The summed E-state index contributed by atoms with van der Waals surface area (Å²) in [7, 11) is 1.12. The lowest BCUT2D eigenvalue weighted by molar-refractivity contribution is -0.141. The number of alkyl halides is 5. The Morgan fingerprint density at radius 3 is 2.62 bits per heavy atom. The number of nitrogens with zero attached hydrogens (tertiary/aromatic N) is 5. The van der Waals surface area contributed by atoms with Gasteiger partial charge in [0.2, 0.25) is 0 Å². The minimum atomic E-state index is -5.06. The molecule has 178 valence electrons. The molecule has 1 aromatic carbocycles. The first kappa shape index (κ1) is 23.5. The van der Waals surface area contributed by atoms with E-state index in [9.17, 15) is 32.0 Å². The van der Waals surface area contributed by atoms with Crippen LogP contribution in [-0.2, 0) is 13.2 Å². The highest BCUT2D eigenvalue weighted by atomic mass is 35.5. The van der Waals surface area contributed by atoms with E-state index in [-0.39, 0.29) is 10.6 Å². The highest BCUT2D eigenvalue weighted by Crippen LogP contribution is 2.41. The van der Waals surface area contributed by atoms with Gasteiger partial charge in [0.1, 0.15) is 5.54 Å². The zero-order valence-electron chi connectivity index (χ0n) is 17.2. The van der Waals surface area contributed by atoms with Crippen LogP contribution in [0.15, 0.2) is 30.6 Å². The van der Waals surface area contributed by atoms with Crippen LogP contribution in [0.5, 0.6) is 5.88 Å². The summed E-state index contributed by atoms with van der Waals surface area (Å²) in [6.45, 7) is -3.51. The number of nitriles is 1. The van der Waals surface area contributed by atoms with E-state index in [1.165, 1.54) is 30.6 Å². The van der Waals surface area contributed by atoms with Crippen LogP contribution in [-0.4, -0.2) is 37.6 Å². The van der Waals surface area contributed by atoms with E-state index in [1.807, 2.05) is 6.07 Å². The standard InChI is InChI=1S/C20H14ClF5N6O2/c1-31-17(14(20(24,25)26)16(30-31)34-18(22)23)32-8-11(7-28-32)10-2-3-13(21)12(6-10)15(33)29-19(9-27)4-5-19/h2-3,6-8,18H,4-5H2,1H3,(H,29,33). The Morgan fingerprint density at radius 1 is 1.32 bits per heavy atom. The fraction of sp³-hybridized carbons (Fsp3) is 0.300. The van der Waals surface area contributed by atoms with Gasteiger partial charge in [-0.2, -0.15) is 32.3 Å². The van der Waals surface area contributed by atoms with E-state index in [2.05, 4.69) is 20.3 Å². The maximum atomic E-state index is 13.6. The van der Waals surface area contributed by atoms with Gasteiger partial charge in [-0.15, -0.1) is 5.10 Å². The number of carbonyl (C=O) groups excluding carboxylic acids is 1. The molecule has 3 aromatic rings. The predicted octanol–water partition coefficient (Wildman–Crippen LogP) is 4.33. The molecule has 1 aliphatic rings. The van der Waals surface area contributed by atoms with Gasteiger partial charge >= 0.3 is 12.8 Å². The summed E-state index contributed by atoms with van der Waals surface area (Å²) in [6.07, 6.45) is -1.60. The van der Waals surface area contributed by atoms with E-state index in [0.717, 1.165) is 16.4 Å². The fourth-order valence-corrected chi connectivity index (χ4v) is 3.51. The highest BCUT2D eigenvalue weighted by molar-refractivity contribution is 6.34. The summed E-state index contributed by atoms with van der Waals surface area (Å²) in [6, 6.07) is 6.39. The van der Waals surface area contributed by atoms with Crippen molar-refractivity contribution in [2.24, 2.45) is 7.05 Å². The summed E-state index contributed by atoms with van der Waals surface area (Å²) in [5.74, 6) is -2.50. The molecule has 4 rings (SSSR count). The largest absolute Gasteiger partial charge is 0.425 e. The van der Waals surface area contributed by atoms with Crippen molar-refractivity contribution in [2.75, 3.05) is 0 Å². The second kappa shape index (κ2) is 8.28. The molecule has 1 N–H and O–H groups in total. The first-order valence-corrected chi connectivity index (χ1v) is 9.99. The number of ether oxygens (including phenoxy) is 1. The number of aryl methyl sites for hydroxylation is 1. The monoisotopic (exact) mass is 500 g/mol. The summed E-state index contributed by atoms with van der Waals surface area (Å²) in [5, 5.41) is 19.2. The minimum absolute atomic E-state index is 0.0672. The Labute approximate surface area is 193 Å². The van der Waals surface area contributed by atoms with Crippen molar-refractivity contribution < 1.29 is 31.5 Å². The van der Waals surface area contributed by atoms with Crippen LogP contribution in [0.1, 0.15) is 28.8 Å². The smallest absolute Gasteiger partial charge is 0.415 e. The second-order valence-electron chi connectivity index (χ2n) is 7.52. The van der Waals surface area contributed by atoms with Crippen molar-refractivity contribution in [3.05, 3.63) is 46.7 Å². The normalized spacial score (nSPS) is 14.7. The van der Waals surface area contributed by atoms with Crippen LogP contribution in [0.2, 0.25) is 5.02 Å². The number of aromatic nitrogens is 4. The van der Waals surface area contributed by atoms with Crippen LogP contribution in [0, 0.1) is 11.3 Å². The number of benzene rings is 1. The third-order valence-corrected chi connectivity index (χ3v) is 5.46. The lowest BCUT2D eigenvalue weighted by atomic mass is 10.1. The molecule has 0 bridgehead atoms. The van der Waals surface area contributed by atoms with Gasteiger partial charge in [0.15, 0.2) is 11.4 Å². The number of hydrogen-bond acceptors (Lipinski definition) is 5. The average molecular weight is 501 g/mol. The van der Waals surface area contributed by atoms with Gasteiger partial charge in [0.05, 0.1) is 22.9 Å². The van der Waals surface area contributed by atoms with E-state index < -0.39 is 41.5 Å². The molecule has 14 heteroatoms. The SMILES string of the molecule is Cn1nc(OC(F)F)c(C(F)(F)F)c1-n1cc(-c2ccc(Cl)c(C(=O)NC3(C#N)CC3)c2)cn1. The molecule has 0 aliphatic heterocycles. The highest BCUT2D eigenvalue weighted by Gasteiger charge is 2.45. The molecule has 0 radical (unpaired) electrons. The second-order valence-corrected chi connectivity index (χ2v) is 7.93. The molecule has 8 nitrogen and oxygen atoms in total. The van der Waals surface area contributed by atoms with Gasteiger partial charge in [-0.3, -0.25) is 4.79 Å². The molecule has 1 fully saturated rings. The quantitative estimate of drug-likeness (QED) is 0.508. The molecule has 2 aromatic heterocycles. The van der Waals surface area contributed by atoms with Crippen LogP contribution < -0.4 is 10.1 Å². The number of carbonyl (C=O) groups is 1. The van der Waals surface area contributed by atoms with Crippen LogP contribution in [0.25, 0.3) is 16.9 Å². The predicted molar refractivity (Wildman–Crippen MR) is 107 cm³/mol. The van der Waals surface area contributed by atoms with E-state index in [1.54, 1.807) is 0 Å². The van der Waals surface area contributed by atoms with E-state index >= 15 is 0 Å². The molecule has 2 heterocycles. The molecular formula is C20H14ClF5N6O2. The lowest BCUT2D eigenvalue weighted by Gasteiger charge is -2.11. The van der Waals surface area contributed by atoms with Crippen molar-refractivity contribution in [2.45, 2.75) is 31.2 Å². The van der Waals surface area contributed by atoms with Crippen LogP contribution in [0.3, 0.4) is 0 Å². The summed E-state index contributed by atoms with van der Waals surface area (Å²) in [5.41, 5.74) is -1.68. The first-order chi connectivity index (χ1) is 15.9. The van der Waals surface area contributed by atoms with E-state index in [4.69, 9.17) is 11.6 Å². The van der Waals surface area contributed by atoms with Gasteiger partial charge < -0.3 is 10.1 Å². The molecular weight excluding hydrogens is 487 g/mol.